The normalized spacial score (nSPS) is 14.8. The molecule has 0 bridgehead atoms. The van der Waals surface area contributed by atoms with Crippen molar-refractivity contribution in [2.45, 2.75) is 25.7 Å². The quantitative estimate of drug-likeness (QED) is 0.114. The molecule has 0 fully saturated rings. The van der Waals surface area contributed by atoms with E-state index in [0.29, 0.717) is 0 Å². The third kappa shape index (κ3) is 5.20. The molecular weight excluding hydrogens is 1050 g/mol. The molecule has 16 aromatic carbocycles. The standard InChI is InChI=1S/C84H46B4/c1-4-19-65-44(10-1)33-52-14-9-18-60-62-39-48-24-30-71-80-63(40-49-25-29-69(85(65)83(52)60)78(62)74(49)75(48)80)64-41-54(37-56-35-46-12-3-6-21-67(46)87(71)84(56)64)43-23-28-68-55(32-43)36-53-15-7-16-58-57-27-22-47-38-61-59-17-8-13-51-34-45-11-2-5-20-66(45)86(82(51)59)70-31-26-50-42-72(88(68)81(53)58)77(57)73(47)76(50)79(61)70/h1-32,37-42H,33-36H2. The van der Waals surface area contributed by atoms with Crippen molar-refractivity contribution in [1.82, 2.24) is 0 Å². The predicted octanol–water partition coefficient (Wildman–Crippen LogP) is 10.8. The predicted molar refractivity (Wildman–Crippen MR) is 377 cm³/mol. The lowest BCUT2D eigenvalue weighted by atomic mass is 9.30. The van der Waals surface area contributed by atoms with E-state index in [-0.39, 0.29) is 26.9 Å². The van der Waals surface area contributed by atoms with E-state index in [1.807, 2.05) is 0 Å². The lowest BCUT2D eigenvalue weighted by Gasteiger charge is -2.37. The van der Waals surface area contributed by atoms with Crippen molar-refractivity contribution in [2.75, 3.05) is 0 Å². The van der Waals surface area contributed by atoms with Gasteiger partial charge in [-0.3, -0.25) is 0 Å². The van der Waals surface area contributed by atoms with E-state index in [0.717, 1.165) is 25.7 Å². The van der Waals surface area contributed by atoms with Crippen LogP contribution in [0.2, 0.25) is 0 Å². The second kappa shape index (κ2) is 15.3. The van der Waals surface area contributed by atoms with Gasteiger partial charge in [-0.2, -0.15) is 0 Å². The summed E-state index contributed by atoms with van der Waals surface area (Å²) in [5.74, 6) is 0. The van der Waals surface area contributed by atoms with E-state index in [9.17, 15) is 0 Å². The molecule has 0 radical (unpaired) electrons. The highest BCUT2D eigenvalue weighted by Crippen LogP contribution is 2.49. The third-order valence-corrected chi connectivity index (χ3v) is 23.7. The van der Waals surface area contributed by atoms with Gasteiger partial charge in [-0.15, -0.1) is 0 Å². The molecule has 0 nitrogen and oxygen atoms in total. The van der Waals surface area contributed by atoms with E-state index >= 15 is 0 Å². The van der Waals surface area contributed by atoms with Crippen LogP contribution in [-0.2, 0) is 25.7 Å². The van der Waals surface area contributed by atoms with Gasteiger partial charge in [-0.1, -0.05) is 272 Å². The van der Waals surface area contributed by atoms with E-state index < -0.39 is 0 Å². The summed E-state index contributed by atoms with van der Waals surface area (Å²) in [6.45, 7) is 0.738. The van der Waals surface area contributed by atoms with Gasteiger partial charge in [0, 0.05) is 0 Å². The molecule has 8 heterocycles. The van der Waals surface area contributed by atoms with E-state index in [1.54, 1.807) is 0 Å². The maximum atomic E-state index is 2.63. The molecule has 24 rings (SSSR count). The smallest absolute Gasteiger partial charge is 0.0667 e. The Morgan fingerprint density at radius 3 is 1.07 bits per heavy atom. The van der Waals surface area contributed by atoms with Crippen LogP contribution in [0.15, 0.2) is 231 Å². The van der Waals surface area contributed by atoms with Crippen LogP contribution < -0.4 is 65.6 Å². The Morgan fingerprint density at radius 1 is 0.182 bits per heavy atom. The SMILES string of the molecule is c1ccc2c(c1)Cc1cccc3c1B2c1ccc2cc4c5c(ccc6cc-3c1c2c65)-c1cccc2c1B4c1ccc(-c3cc4c5c(c3)-c3cc6ccc7c8c(cc9ccc(c3c9c68)B5c3ccccc3C4)-c3cccc4c3B7c3ccccc3C4)cc1C2. The first kappa shape index (κ1) is 45.2. The van der Waals surface area contributed by atoms with Gasteiger partial charge in [0.15, 0.2) is 0 Å². The number of rotatable bonds is 1. The number of hydrogen-bond donors (Lipinski definition) is 0. The molecule has 0 N–H and O–H groups in total. The first-order valence-electron chi connectivity index (χ1n) is 32.1. The van der Waals surface area contributed by atoms with Crippen LogP contribution in [0.4, 0.5) is 0 Å². The van der Waals surface area contributed by atoms with Crippen molar-refractivity contribution < 1.29 is 0 Å². The van der Waals surface area contributed by atoms with E-state index in [4.69, 9.17) is 0 Å². The molecule has 4 heteroatoms. The molecule has 0 spiro atoms. The third-order valence-electron chi connectivity index (χ3n) is 23.7. The van der Waals surface area contributed by atoms with Gasteiger partial charge in [0.05, 0.1) is 0 Å². The summed E-state index contributed by atoms with van der Waals surface area (Å²) in [5.41, 5.74) is 43.3. The highest BCUT2D eigenvalue weighted by atomic mass is 14.3. The maximum Gasteiger partial charge on any atom is 0.243 e. The highest BCUT2D eigenvalue weighted by Gasteiger charge is 2.45. The van der Waals surface area contributed by atoms with Gasteiger partial charge in [0.1, 0.15) is 0 Å². The second-order valence-electron chi connectivity index (χ2n) is 27.4. The van der Waals surface area contributed by atoms with Crippen LogP contribution in [0.25, 0.3) is 120 Å². The summed E-state index contributed by atoms with van der Waals surface area (Å²) in [5, 5.41) is 17.0. The summed E-state index contributed by atoms with van der Waals surface area (Å²) in [6.07, 6.45) is 3.84. The fraction of sp³-hybridized carbons (Fsp3) is 0.0476. The van der Waals surface area contributed by atoms with Gasteiger partial charge in [-0.25, -0.2) is 0 Å². The van der Waals surface area contributed by atoms with Crippen LogP contribution >= 0.6 is 0 Å². The largest absolute Gasteiger partial charge is 0.243 e. The zero-order valence-corrected chi connectivity index (χ0v) is 48.1. The molecule has 88 heavy (non-hydrogen) atoms. The first-order valence-corrected chi connectivity index (χ1v) is 32.1. The summed E-state index contributed by atoms with van der Waals surface area (Å²) >= 11 is 0. The minimum absolute atomic E-state index is 0.131. The molecule has 0 amide bonds. The zero-order valence-electron chi connectivity index (χ0n) is 48.1. The average molecular weight is 1100 g/mol. The van der Waals surface area contributed by atoms with Gasteiger partial charge < -0.3 is 0 Å². The van der Waals surface area contributed by atoms with Crippen molar-refractivity contribution in [3.05, 3.63) is 275 Å². The van der Waals surface area contributed by atoms with Gasteiger partial charge in [0.25, 0.3) is 0 Å². The molecule has 8 aliphatic rings. The van der Waals surface area contributed by atoms with Gasteiger partial charge in [0.2, 0.25) is 26.9 Å². The van der Waals surface area contributed by atoms with E-state index in [1.165, 1.54) is 230 Å². The molecule has 0 aromatic heterocycles. The Morgan fingerprint density at radius 2 is 0.545 bits per heavy atom. The van der Waals surface area contributed by atoms with Crippen molar-refractivity contribution in [3.8, 4) is 55.6 Å². The number of hydrogen-bond acceptors (Lipinski definition) is 0. The molecule has 0 unspecified atom stereocenters. The van der Waals surface area contributed by atoms with Crippen LogP contribution in [0, 0.1) is 0 Å². The topological polar surface area (TPSA) is 0 Å². The lowest BCUT2D eigenvalue weighted by molar-refractivity contribution is 1.20. The molecule has 8 aliphatic heterocycles. The first-order chi connectivity index (χ1) is 43.6. The molecule has 0 saturated heterocycles. The van der Waals surface area contributed by atoms with Crippen molar-refractivity contribution in [2.24, 2.45) is 0 Å². The summed E-state index contributed by atoms with van der Waals surface area (Å²) in [7, 11) is 0. The number of benzene rings is 16. The Hall–Kier alpha value is -10.1. The average Bonchev–Trinajstić information content (AvgIpc) is 0.721. The Balaban J connectivity index is 0.709. The zero-order chi connectivity index (χ0) is 56.3. The molecule has 394 valence electrons. The molecule has 0 saturated carbocycles. The maximum absolute atomic E-state index is 2.63. The lowest BCUT2D eigenvalue weighted by Crippen LogP contribution is -2.59. The highest BCUT2D eigenvalue weighted by molar-refractivity contribution is 7.02. The van der Waals surface area contributed by atoms with E-state index in [2.05, 4.69) is 231 Å². The summed E-state index contributed by atoms with van der Waals surface area (Å²) < 4.78 is 0. The van der Waals surface area contributed by atoms with Crippen molar-refractivity contribution >= 4 is 157 Å². The number of fused-ring (bicyclic) bond motifs is 16. The monoisotopic (exact) mass is 1100 g/mol. The Kier molecular flexibility index (Phi) is 7.88. The van der Waals surface area contributed by atoms with Crippen molar-refractivity contribution in [3.63, 3.8) is 0 Å². The van der Waals surface area contributed by atoms with Gasteiger partial charge >= 0.3 is 0 Å². The summed E-state index contributed by atoms with van der Waals surface area (Å²) in [4.78, 5) is 0. The molecular formula is C84H46B4. The fourth-order valence-corrected chi connectivity index (χ4v) is 20.5. The fourth-order valence-electron chi connectivity index (χ4n) is 20.5. The van der Waals surface area contributed by atoms with Gasteiger partial charge in [-0.05, 0) is 215 Å². The van der Waals surface area contributed by atoms with Crippen LogP contribution in [0.5, 0.6) is 0 Å². The van der Waals surface area contributed by atoms with Crippen LogP contribution in [0.3, 0.4) is 0 Å². The van der Waals surface area contributed by atoms with Crippen LogP contribution in [0.1, 0.15) is 44.5 Å². The molecule has 16 aromatic rings. The van der Waals surface area contributed by atoms with Crippen LogP contribution in [-0.4, -0.2) is 26.9 Å². The minimum Gasteiger partial charge on any atom is -0.0667 e. The Bertz CT molecular complexity index is 6100. The second-order valence-corrected chi connectivity index (χ2v) is 27.4. The minimum atomic E-state index is 0.131. The Labute approximate surface area is 510 Å². The van der Waals surface area contributed by atoms with Crippen molar-refractivity contribution in [1.29, 1.82) is 0 Å². The molecule has 0 atom stereocenters. The summed E-state index contributed by atoms with van der Waals surface area (Å²) in [6, 6.07) is 92.5. The molecule has 0 aliphatic carbocycles.